The Kier molecular flexibility index (Phi) is 7.63. The molecule has 0 atom stereocenters. The molecule has 0 amide bonds. The third-order valence-corrected chi connectivity index (χ3v) is 6.03. The molecule has 150 valence electrons. The van der Waals surface area contributed by atoms with E-state index >= 15 is 0 Å². The summed E-state index contributed by atoms with van der Waals surface area (Å²) in [5, 5.41) is 9.20. The van der Waals surface area contributed by atoms with Gasteiger partial charge in [-0.25, -0.2) is 4.79 Å². The van der Waals surface area contributed by atoms with Crippen LogP contribution < -0.4 is 9.46 Å². The average molecular weight is 426 g/mol. The Bertz CT molecular complexity index is 957. The number of benzene rings is 3. The molecule has 29 heavy (non-hydrogen) atoms. The molecule has 0 radical (unpaired) electrons. The van der Waals surface area contributed by atoms with Crippen LogP contribution in [0, 0.1) is 13.8 Å². The summed E-state index contributed by atoms with van der Waals surface area (Å²) in [6, 6.07) is 21.5. The number of carboxylic acid groups (broad SMARTS) is 1. The number of carbonyl (C=O) groups is 1. The maximum absolute atomic E-state index is 11.2. The fourth-order valence-electron chi connectivity index (χ4n) is 2.59. The number of carboxylic acids is 1. The zero-order valence-corrected chi connectivity index (χ0v) is 18.0. The molecule has 0 saturated heterocycles. The molecule has 6 heteroatoms. The summed E-state index contributed by atoms with van der Waals surface area (Å²) in [6.07, 6.45) is 0. The summed E-state index contributed by atoms with van der Waals surface area (Å²) in [6.45, 7) is 4.66. The van der Waals surface area contributed by atoms with E-state index < -0.39 is 5.97 Å². The average Bonchev–Trinajstić information content (AvgIpc) is 2.71. The predicted octanol–water partition coefficient (Wildman–Crippen LogP) is 6.18. The van der Waals surface area contributed by atoms with Gasteiger partial charge >= 0.3 is 5.97 Å². The van der Waals surface area contributed by atoms with E-state index in [1.54, 1.807) is 24.8 Å². The highest BCUT2D eigenvalue weighted by Gasteiger charge is 2.08. The van der Waals surface area contributed by atoms with Crippen LogP contribution in [0.1, 0.15) is 21.5 Å². The van der Waals surface area contributed by atoms with Gasteiger partial charge in [0.1, 0.15) is 11.5 Å². The van der Waals surface area contributed by atoms with Gasteiger partial charge in [-0.1, -0.05) is 23.8 Å². The zero-order valence-electron chi connectivity index (χ0n) is 16.3. The van der Waals surface area contributed by atoms with Crippen molar-refractivity contribution in [3.8, 4) is 11.5 Å². The molecule has 0 saturated carbocycles. The molecule has 0 spiro atoms. The molecule has 4 nitrogen and oxygen atoms in total. The molecular weight excluding hydrogens is 402 g/mol. The minimum absolute atomic E-state index is 0.346. The van der Waals surface area contributed by atoms with Crippen LogP contribution in [0.5, 0.6) is 11.5 Å². The second-order valence-corrected chi connectivity index (χ2v) is 8.65. The van der Waals surface area contributed by atoms with Crippen molar-refractivity contribution >= 4 is 29.7 Å². The van der Waals surface area contributed by atoms with E-state index in [1.165, 1.54) is 22.4 Å². The molecule has 0 bridgehead atoms. The van der Waals surface area contributed by atoms with Crippen molar-refractivity contribution in [3.63, 3.8) is 0 Å². The van der Waals surface area contributed by atoms with Crippen molar-refractivity contribution in [2.75, 3.05) is 12.3 Å². The summed E-state index contributed by atoms with van der Waals surface area (Å²) in [5.74, 6) is 1.67. The molecule has 2 N–H and O–H groups in total. The highest BCUT2D eigenvalue weighted by Crippen LogP contribution is 2.26. The van der Waals surface area contributed by atoms with Crippen molar-refractivity contribution in [1.82, 2.24) is 4.72 Å². The van der Waals surface area contributed by atoms with Gasteiger partial charge in [-0.2, -0.15) is 0 Å². The van der Waals surface area contributed by atoms with Crippen LogP contribution in [0.3, 0.4) is 0 Å². The second-order valence-electron chi connectivity index (χ2n) is 6.51. The van der Waals surface area contributed by atoms with E-state index in [9.17, 15) is 9.90 Å². The maximum atomic E-state index is 11.2. The van der Waals surface area contributed by atoms with E-state index in [1.807, 2.05) is 48.5 Å². The third-order valence-electron chi connectivity index (χ3n) is 4.18. The summed E-state index contributed by atoms with van der Waals surface area (Å²) in [7, 11) is 0. The molecule has 0 aliphatic carbocycles. The lowest BCUT2D eigenvalue weighted by atomic mass is 10.1. The lowest BCUT2D eigenvalue weighted by Gasteiger charge is -2.08. The van der Waals surface area contributed by atoms with E-state index in [0.29, 0.717) is 5.56 Å². The Labute approximate surface area is 179 Å². The molecule has 3 aromatic rings. The monoisotopic (exact) mass is 425 g/mol. The summed E-state index contributed by atoms with van der Waals surface area (Å²) in [5.41, 5.74) is 2.33. The van der Waals surface area contributed by atoms with Crippen molar-refractivity contribution in [3.05, 3.63) is 83.4 Å². The first-order valence-electron chi connectivity index (χ1n) is 9.22. The third kappa shape index (κ3) is 6.56. The predicted molar refractivity (Wildman–Crippen MR) is 120 cm³/mol. The van der Waals surface area contributed by atoms with Gasteiger partial charge < -0.3 is 9.84 Å². The Morgan fingerprint density at radius 1 is 0.931 bits per heavy atom. The van der Waals surface area contributed by atoms with Crippen molar-refractivity contribution in [2.24, 2.45) is 0 Å². The minimum Gasteiger partial charge on any atom is -0.478 e. The largest absolute Gasteiger partial charge is 0.478 e. The van der Waals surface area contributed by atoms with Gasteiger partial charge in [0.25, 0.3) is 0 Å². The minimum atomic E-state index is -0.893. The summed E-state index contributed by atoms with van der Waals surface area (Å²) < 4.78 is 9.13. The summed E-state index contributed by atoms with van der Waals surface area (Å²) >= 11 is 3.21. The number of aromatic carboxylic acids is 1. The van der Waals surface area contributed by atoms with E-state index in [2.05, 4.69) is 23.8 Å². The molecule has 0 fully saturated rings. The fraction of sp³-hybridized carbons (Fsp3) is 0.174. The number of ether oxygens (including phenoxy) is 1. The van der Waals surface area contributed by atoms with Gasteiger partial charge in [-0.05, 0) is 79.9 Å². The highest BCUT2D eigenvalue weighted by atomic mass is 32.2. The van der Waals surface area contributed by atoms with E-state index in [4.69, 9.17) is 4.74 Å². The Morgan fingerprint density at radius 2 is 1.55 bits per heavy atom. The molecule has 0 heterocycles. The Balaban J connectivity index is 1.41. The number of nitrogens with one attached hydrogen (secondary N) is 1. The molecule has 3 aromatic carbocycles. The highest BCUT2D eigenvalue weighted by molar-refractivity contribution is 7.99. The number of thioether (sulfide) groups is 1. The van der Waals surface area contributed by atoms with Crippen LogP contribution >= 0.6 is 23.7 Å². The quantitative estimate of drug-likeness (QED) is 0.242. The topological polar surface area (TPSA) is 58.6 Å². The normalized spacial score (nSPS) is 10.7. The first-order chi connectivity index (χ1) is 14.0. The van der Waals surface area contributed by atoms with Gasteiger partial charge in [-0.3, -0.25) is 4.72 Å². The zero-order chi connectivity index (χ0) is 20.6. The maximum Gasteiger partial charge on any atom is 0.335 e. The van der Waals surface area contributed by atoms with Crippen LogP contribution in [-0.4, -0.2) is 23.4 Å². The fourth-order valence-corrected chi connectivity index (χ4v) is 4.17. The van der Waals surface area contributed by atoms with Crippen molar-refractivity contribution in [1.29, 1.82) is 0 Å². The lowest BCUT2D eigenvalue weighted by molar-refractivity contribution is 0.0696. The summed E-state index contributed by atoms with van der Waals surface area (Å²) in [4.78, 5) is 13.3. The number of hydrogen-bond acceptors (Lipinski definition) is 5. The SMILES string of the molecule is Cc1ccc(Oc2ccc(SCCNSc3ccc(C)c(C(=O)O)c3)cc2)cc1. The van der Waals surface area contributed by atoms with Crippen LogP contribution in [-0.2, 0) is 0 Å². The standard InChI is InChI=1S/C23H23NO3S2/c1-16-3-6-18(7-4-16)27-19-8-11-20(12-9-19)28-14-13-24-29-21-10-5-17(2)22(15-21)23(25)26/h3-12,15,24H,13-14H2,1-2H3,(H,25,26). The Hall–Kier alpha value is -2.41. The van der Waals surface area contributed by atoms with E-state index in [0.717, 1.165) is 34.3 Å². The van der Waals surface area contributed by atoms with Gasteiger partial charge in [-0.15, -0.1) is 11.8 Å². The lowest BCUT2D eigenvalue weighted by Crippen LogP contribution is -2.08. The van der Waals surface area contributed by atoms with E-state index in [-0.39, 0.29) is 0 Å². The molecule has 0 unspecified atom stereocenters. The number of rotatable bonds is 9. The smallest absolute Gasteiger partial charge is 0.335 e. The van der Waals surface area contributed by atoms with Crippen LogP contribution in [0.15, 0.2) is 76.5 Å². The number of hydrogen-bond donors (Lipinski definition) is 2. The first-order valence-corrected chi connectivity index (χ1v) is 11.0. The molecule has 0 aliphatic heterocycles. The van der Waals surface area contributed by atoms with Crippen LogP contribution in [0.2, 0.25) is 0 Å². The number of aryl methyl sites for hydroxylation is 2. The van der Waals surface area contributed by atoms with Crippen LogP contribution in [0.4, 0.5) is 0 Å². The first kappa shape index (κ1) is 21.3. The van der Waals surface area contributed by atoms with Gasteiger partial charge in [0.15, 0.2) is 0 Å². The second kappa shape index (κ2) is 10.4. The van der Waals surface area contributed by atoms with Crippen molar-refractivity contribution in [2.45, 2.75) is 23.6 Å². The molecule has 0 aromatic heterocycles. The molecule has 3 rings (SSSR count). The van der Waals surface area contributed by atoms with Gasteiger partial charge in [0.2, 0.25) is 0 Å². The van der Waals surface area contributed by atoms with Crippen molar-refractivity contribution < 1.29 is 14.6 Å². The van der Waals surface area contributed by atoms with Crippen LogP contribution in [0.25, 0.3) is 0 Å². The molecule has 0 aliphatic rings. The Morgan fingerprint density at radius 3 is 2.21 bits per heavy atom. The molecular formula is C23H23NO3S2. The van der Waals surface area contributed by atoms with Gasteiger partial charge in [0.05, 0.1) is 5.56 Å². The van der Waals surface area contributed by atoms with Gasteiger partial charge in [0, 0.05) is 22.1 Å².